The predicted molar refractivity (Wildman–Crippen MR) is 43.7 cm³/mol. The molecule has 4 nitrogen and oxygen atoms in total. The fraction of sp³-hybridized carbons (Fsp3) is 0.875. The SMILES string of the molecule is CCOC(=O)CN1CC[C@@H](O)C1. The van der Waals surface area contributed by atoms with Crippen LogP contribution in [0.5, 0.6) is 0 Å². The molecular formula is C8H15NO3. The van der Waals surface area contributed by atoms with Crippen LogP contribution in [0, 0.1) is 0 Å². The van der Waals surface area contributed by atoms with Gasteiger partial charge in [-0.2, -0.15) is 0 Å². The monoisotopic (exact) mass is 173 g/mol. The first kappa shape index (κ1) is 9.48. The van der Waals surface area contributed by atoms with Crippen LogP contribution < -0.4 is 0 Å². The van der Waals surface area contributed by atoms with Gasteiger partial charge in [0.2, 0.25) is 0 Å². The van der Waals surface area contributed by atoms with Crippen molar-refractivity contribution in [3.8, 4) is 0 Å². The molecule has 1 heterocycles. The first-order valence-corrected chi connectivity index (χ1v) is 4.28. The summed E-state index contributed by atoms with van der Waals surface area (Å²) < 4.78 is 4.78. The van der Waals surface area contributed by atoms with Gasteiger partial charge in [0.1, 0.15) is 0 Å². The van der Waals surface area contributed by atoms with Crippen LogP contribution in [0.15, 0.2) is 0 Å². The van der Waals surface area contributed by atoms with E-state index >= 15 is 0 Å². The lowest BCUT2D eigenvalue weighted by molar-refractivity contribution is -0.144. The average molecular weight is 173 g/mol. The number of likely N-dealkylation sites (tertiary alicyclic amines) is 1. The highest BCUT2D eigenvalue weighted by Crippen LogP contribution is 2.07. The van der Waals surface area contributed by atoms with Crippen LogP contribution in [0.2, 0.25) is 0 Å². The molecule has 1 saturated heterocycles. The molecule has 0 bridgehead atoms. The van der Waals surface area contributed by atoms with E-state index in [4.69, 9.17) is 9.84 Å². The molecular weight excluding hydrogens is 158 g/mol. The normalized spacial score (nSPS) is 24.3. The summed E-state index contributed by atoms with van der Waals surface area (Å²) in [6.07, 6.45) is 0.499. The lowest BCUT2D eigenvalue weighted by atomic mass is 10.3. The standard InChI is InChI=1S/C8H15NO3/c1-2-12-8(11)6-9-4-3-7(10)5-9/h7,10H,2-6H2,1H3/t7-/m1/s1. The summed E-state index contributed by atoms with van der Waals surface area (Å²) in [5.41, 5.74) is 0. The van der Waals surface area contributed by atoms with Crippen molar-refractivity contribution in [2.45, 2.75) is 19.4 Å². The fourth-order valence-corrected chi connectivity index (χ4v) is 1.35. The maximum atomic E-state index is 11.0. The van der Waals surface area contributed by atoms with Crippen LogP contribution in [0.3, 0.4) is 0 Å². The molecule has 1 N–H and O–H groups in total. The molecule has 4 heteroatoms. The summed E-state index contributed by atoms with van der Waals surface area (Å²) in [5, 5.41) is 9.15. The molecule has 1 rings (SSSR count). The number of hydrogen-bond acceptors (Lipinski definition) is 4. The molecule has 0 aromatic rings. The van der Waals surface area contributed by atoms with Gasteiger partial charge in [0.15, 0.2) is 0 Å². The molecule has 1 aliphatic rings. The maximum Gasteiger partial charge on any atom is 0.320 e. The maximum absolute atomic E-state index is 11.0. The third kappa shape index (κ3) is 2.79. The van der Waals surface area contributed by atoms with E-state index in [1.807, 2.05) is 4.90 Å². The number of carbonyl (C=O) groups is 1. The van der Waals surface area contributed by atoms with Gasteiger partial charge in [-0.1, -0.05) is 0 Å². The molecule has 0 spiro atoms. The smallest absolute Gasteiger partial charge is 0.320 e. The highest BCUT2D eigenvalue weighted by atomic mass is 16.5. The van der Waals surface area contributed by atoms with E-state index in [0.717, 1.165) is 13.0 Å². The Kier molecular flexibility index (Phi) is 3.49. The van der Waals surface area contributed by atoms with Gasteiger partial charge in [-0.25, -0.2) is 0 Å². The molecule has 0 unspecified atom stereocenters. The van der Waals surface area contributed by atoms with Gasteiger partial charge in [-0.05, 0) is 13.3 Å². The molecule has 0 radical (unpaired) electrons. The molecule has 0 aromatic carbocycles. The van der Waals surface area contributed by atoms with Crippen molar-refractivity contribution >= 4 is 5.97 Å². The van der Waals surface area contributed by atoms with E-state index in [2.05, 4.69) is 0 Å². The fourth-order valence-electron chi connectivity index (χ4n) is 1.35. The number of ether oxygens (including phenoxy) is 1. The van der Waals surface area contributed by atoms with E-state index in [0.29, 0.717) is 19.7 Å². The Morgan fingerprint density at radius 2 is 2.50 bits per heavy atom. The number of aliphatic hydroxyl groups is 1. The van der Waals surface area contributed by atoms with Crippen molar-refractivity contribution < 1.29 is 14.6 Å². The number of aliphatic hydroxyl groups excluding tert-OH is 1. The van der Waals surface area contributed by atoms with Crippen molar-refractivity contribution in [3.05, 3.63) is 0 Å². The molecule has 0 amide bonds. The summed E-state index contributed by atoms with van der Waals surface area (Å²) >= 11 is 0. The average Bonchev–Trinajstić information content (AvgIpc) is 2.36. The van der Waals surface area contributed by atoms with Crippen molar-refractivity contribution in [1.82, 2.24) is 4.90 Å². The minimum atomic E-state index is -0.264. The van der Waals surface area contributed by atoms with E-state index in [9.17, 15) is 4.79 Å². The largest absolute Gasteiger partial charge is 0.465 e. The number of nitrogens with zero attached hydrogens (tertiary/aromatic N) is 1. The van der Waals surface area contributed by atoms with Gasteiger partial charge in [-0.3, -0.25) is 9.69 Å². The Morgan fingerprint density at radius 1 is 1.75 bits per heavy atom. The van der Waals surface area contributed by atoms with Gasteiger partial charge in [0.25, 0.3) is 0 Å². The van der Waals surface area contributed by atoms with Crippen LogP contribution >= 0.6 is 0 Å². The lowest BCUT2D eigenvalue weighted by Gasteiger charge is -2.12. The van der Waals surface area contributed by atoms with Gasteiger partial charge in [0.05, 0.1) is 19.3 Å². The van der Waals surface area contributed by atoms with E-state index in [1.165, 1.54) is 0 Å². The first-order valence-electron chi connectivity index (χ1n) is 4.28. The van der Waals surface area contributed by atoms with Gasteiger partial charge >= 0.3 is 5.97 Å². The second-order valence-corrected chi connectivity index (χ2v) is 2.98. The number of carbonyl (C=O) groups excluding carboxylic acids is 1. The van der Waals surface area contributed by atoms with E-state index in [-0.39, 0.29) is 12.1 Å². The summed E-state index contributed by atoms with van der Waals surface area (Å²) in [6.45, 7) is 3.91. The number of esters is 1. The third-order valence-electron chi connectivity index (χ3n) is 1.91. The van der Waals surface area contributed by atoms with Crippen molar-refractivity contribution in [2.75, 3.05) is 26.2 Å². The molecule has 70 valence electrons. The Balaban J connectivity index is 2.18. The Labute approximate surface area is 72.1 Å². The van der Waals surface area contributed by atoms with Crippen molar-refractivity contribution in [2.24, 2.45) is 0 Å². The number of rotatable bonds is 3. The molecule has 0 saturated carbocycles. The zero-order valence-corrected chi connectivity index (χ0v) is 7.32. The first-order chi connectivity index (χ1) is 5.72. The summed E-state index contributed by atoms with van der Waals surface area (Å²) in [7, 11) is 0. The molecule has 0 aromatic heterocycles. The number of hydrogen-bond donors (Lipinski definition) is 1. The zero-order chi connectivity index (χ0) is 8.97. The predicted octanol–water partition coefficient (Wildman–Crippen LogP) is -0.384. The summed E-state index contributed by atoms with van der Waals surface area (Å²) in [4.78, 5) is 12.9. The Hall–Kier alpha value is -0.610. The molecule has 12 heavy (non-hydrogen) atoms. The van der Waals surface area contributed by atoms with Gasteiger partial charge < -0.3 is 9.84 Å². The second kappa shape index (κ2) is 4.42. The van der Waals surface area contributed by atoms with Crippen LogP contribution in [-0.2, 0) is 9.53 Å². The summed E-state index contributed by atoms with van der Waals surface area (Å²) in [6, 6.07) is 0. The highest BCUT2D eigenvalue weighted by molar-refractivity contribution is 5.71. The van der Waals surface area contributed by atoms with Gasteiger partial charge in [-0.15, -0.1) is 0 Å². The zero-order valence-electron chi connectivity index (χ0n) is 7.32. The van der Waals surface area contributed by atoms with Crippen molar-refractivity contribution in [1.29, 1.82) is 0 Å². The quantitative estimate of drug-likeness (QED) is 0.591. The van der Waals surface area contributed by atoms with E-state index < -0.39 is 0 Å². The minimum Gasteiger partial charge on any atom is -0.465 e. The van der Waals surface area contributed by atoms with Crippen LogP contribution in [0.25, 0.3) is 0 Å². The lowest BCUT2D eigenvalue weighted by Crippen LogP contribution is -2.29. The second-order valence-electron chi connectivity index (χ2n) is 2.98. The number of β-amino-alcohol motifs (C(OH)–C–C–N with tert-alkyl or cyclic N) is 1. The minimum absolute atomic E-state index is 0.202. The Morgan fingerprint density at radius 3 is 3.00 bits per heavy atom. The van der Waals surface area contributed by atoms with Crippen LogP contribution in [-0.4, -0.2) is 48.3 Å². The highest BCUT2D eigenvalue weighted by Gasteiger charge is 2.22. The topological polar surface area (TPSA) is 49.8 Å². The third-order valence-corrected chi connectivity index (χ3v) is 1.91. The Bertz CT molecular complexity index is 160. The molecule has 1 aliphatic heterocycles. The summed E-state index contributed by atoms with van der Waals surface area (Å²) in [5.74, 6) is -0.202. The van der Waals surface area contributed by atoms with Crippen molar-refractivity contribution in [3.63, 3.8) is 0 Å². The van der Waals surface area contributed by atoms with Gasteiger partial charge in [0, 0.05) is 13.1 Å². The molecule has 1 atom stereocenters. The van der Waals surface area contributed by atoms with Crippen LogP contribution in [0.1, 0.15) is 13.3 Å². The van der Waals surface area contributed by atoms with Crippen LogP contribution in [0.4, 0.5) is 0 Å². The van der Waals surface area contributed by atoms with E-state index in [1.54, 1.807) is 6.92 Å². The molecule has 0 aliphatic carbocycles. The molecule has 1 fully saturated rings.